The van der Waals surface area contributed by atoms with Crippen LogP contribution in [0, 0.1) is 30.2 Å². The lowest BCUT2D eigenvalue weighted by molar-refractivity contribution is -0.717. The third-order valence-electron chi connectivity index (χ3n) is 6.46. The molecule has 0 fully saturated rings. The summed E-state index contributed by atoms with van der Waals surface area (Å²) in [5, 5.41) is 0. The zero-order chi connectivity index (χ0) is 28.4. The van der Waals surface area contributed by atoms with Crippen molar-refractivity contribution in [2.45, 2.75) is 13.7 Å². The van der Waals surface area contributed by atoms with E-state index in [1.807, 2.05) is 0 Å². The predicted molar refractivity (Wildman–Crippen MR) is 137 cm³/mol. The van der Waals surface area contributed by atoms with Gasteiger partial charge in [0.25, 0.3) is 12.4 Å². The van der Waals surface area contributed by atoms with Gasteiger partial charge in [0.2, 0.25) is 17.1 Å². The summed E-state index contributed by atoms with van der Waals surface area (Å²) in [5.74, 6) is -3.84. The smallest absolute Gasteiger partial charge is 0.397 e. The summed E-state index contributed by atoms with van der Waals surface area (Å²) in [5.41, 5.74) is 1.59. The second-order valence-corrected chi connectivity index (χ2v) is 9.13. The Bertz CT molecular complexity index is 1730. The Morgan fingerprint density at radius 2 is 1.38 bits per heavy atom. The molecular formula is C31H24F4N3O2+3. The van der Waals surface area contributed by atoms with Crippen LogP contribution in [0.15, 0.2) is 97.5 Å². The van der Waals surface area contributed by atoms with Gasteiger partial charge in [0.15, 0.2) is 24.2 Å². The minimum atomic E-state index is -0.813. The molecule has 0 bridgehead atoms. The number of ether oxygens (including phenoxy) is 1. The van der Waals surface area contributed by atoms with Crippen LogP contribution in [0.2, 0.25) is 0 Å². The number of benzene rings is 2. The van der Waals surface area contributed by atoms with E-state index in [0.29, 0.717) is 17.0 Å². The number of hydrogen-bond acceptors (Lipinski definition) is 2. The number of rotatable bonds is 6. The lowest BCUT2D eigenvalue weighted by atomic mass is 10.0. The van der Waals surface area contributed by atoms with Crippen LogP contribution in [0.1, 0.15) is 16.1 Å². The van der Waals surface area contributed by atoms with Crippen LogP contribution < -0.4 is 13.7 Å². The molecule has 5 rings (SSSR count). The van der Waals surface area contributed by atoms with Crippen molar-refractivity contribution in [2.24, 2.45) is 7.05 Å². The van der Waals surface area contributed by atoms with Crippen molar-refractivity contribution >= 4 is 5.97 Å². The zero-order valence-electron chi connectivity index (χ0n) is 21.6. The van der Waals surface area contributed by atoms with E-state index >= 15 is 4.39 Å². The Hall–Kier alpha value is -4.92. The van der Waals surface area contributed by atoms with Crippen molar-refractivity contribution in [3.63, 3.8) is 0 Å². The molecule has 9 heteroatoms. The third kappa shape index (κ3) is 5.18. The molecule has 40 heavy (non-hydrogen) atoms. The standard InChI is InChI=1S/C31H24F4N3O2/c1-20-15-21(32)16-23(34)29(20)26-10-4-7-13-37(26)19-40-31(39)27-11-5-8-14-38(27)28-18-22(33)17-24(35)30(28)25-9-3-6-12-36(25)2/h3-18H,19H2,1-2H3/q+3. The first-order valence-electron chi connectivity index (χ1n) is 12.3. The van der Waals surface area contributed by atoms with Gasteiger partial charge in [-0.1, -0.05) is 0 Å². The third-order valence-corrected chi connectivity index (χ3v) is 6.46. The zero-order valence-corrected chi connectivity index (χ0v) is 21.6. The fourth-order valence-corrected chi connectivity index (χ4v) is 4.65. The Kier molecular flexibility index (Phi) is 7.37. The van der Waals surface area contributed by atoms with Gasteiger partial charge in [-0.25, -0.2) is 26.9 Å². The van der Waals surface area contributed by atoms with E-state index in [-0.39, 0.29) is 29.2 Å². The molecule has 0 saturated carbocycles. The first kappa shape index (κ1) is 26.7. The Morgan fingerprint density at radius 1 is 0.750 bits per heavy atom. The van der Waals surface area contributed by atoms with Gasteiger partial charge in [0, 0.05) is 54.6 Å². The monoisotopic (exact) mass is 546 g/mol. The molecule has 0 atom stereocenters. The van der Waals surface area contributed by atoms with Crippen LogP contribution in [0.3, 0.4) is 0 Å². The van der Waals surface area contributed by atoms with Gasteiger partial charge < -0.3 is 4.74 Å². The summed E-state index contributed by atoms with van der Waals surface area (Å²) in [4.78, 5) is 13.4. The van der Waals surface area contributed by atoms with Gasteiger partial charge in [-0.15, -0.1) is 0 Å². The maximum atomic E-state index is 15.2. The molecule has 0 radical (unpaired) electrons. The number of carbonyl (C=O) groups is 1. The fraction of sp³-hybridized carbons (Fsp3) is 0.0968. The van der Waals surface area contributed by atoms with E-state index in [2.05, 4.69) is 0 Å². The number of esters is 1. The molecule has 0 spiro atoms. The number of aryl methyl sites for hydroxylation is 2. The van der Waals surface area contributed by atoms with Crippen molar-refractivity contribution in [3.8, 4) is 28.2 Å². The molecule has 200 valence electrons. The van der Waals surface area contributed by atoms with E-state index in [0.717, 1.165) is 18.2 Å². The van der Waals surface area contributed by atoms with Crippen molar-refractivity contribution < 1.29 is 40.8 Å². The molecular weight excluding hydrogens is 522 g/mol. The largest absolute Gasteiger partial charge is 0.408 e. The minimum absolute atomic E-state index is 0.00885. The maximum Gasteiger partial charge on any atom is 0.408 e. The van der Waals surface area contributed by atoms with Crippen LogP contribution in [0.5, 0.6) is 0 Å². The van der Waals surface area contributed by atoms with Gasteiger partial charge in [-0.2, -0.15) is 9.13 Å². The Balaban J connectivity index is 1.52. The van der Waals surface area contributed by atoms with E-state index < -0.39 is 29.2 Å². The van der Waals surface area contributed by atoms with Gasteiger partial charge in [-0.3, -0.25) is 0 Å². The van der Waals surface area contributed by atoms with Gasteiger partial charge in [0.05, 0.1) is 5.56 Å². The number of hydrogen-bond donors (Lipinski definition) is 0. The van der Waals surface area contributed by atoms with Crippen molar-refractivity contribution in [1.29, 1.82) is 0 Å². The highest BCUT2D eigenvalue weighted by molar-refractivity contribution is 5.86. The first-order chi connectivity index (χ1) is 19.2. The van der Waals surface area contributed by atoms with Crippen LogP contribution in [0.4, 0.5) is 17.6 Å². The van der Waals surface area contributed by atoms with Crippen LogP contribution in [-0.4, -0.2) is 5.97 Å². The summed E-state index contributed by atoms with van der Waals surface area (Å²) in [6, 6.07) is 18.8. The quantitative estimate of drug-likeness (QED) is 0.169. The highest BCUT2D eigenvalue weighted by Crippen LogP contribution is 2.27. The van der Waals surface area contributed by atoms with Crippen LogP contribution >= 0.6 is 0 Å². The summed E-state index contributed by atoms with van der Waals surface area (Å²) in [6.45, 7) is 1.28. The summed E-state index contributed by atoms with van der Waals surface area (Å²) in [6.07, 6.45) is 4.84. The summed E-state index contributed by atoms with van der Waals surface area (Å²) < 4.78 is 68.2. The Morgan fingerprint density at radius 3 is 2.10 bits per heavy atom. The SMILES string of the molecule is Cc1cc(F)cc(F)c1-c1cccc[n+]1COC(=O)c1cccc[n+]1-c1cc(F)cc(F)c1-c1cccc[n+]1C. The number of pyridine rings is 3. The molecule has 0 unspecified atom stereocenters. The van der Waals surface area contributed by atoms with Gasteiger partial charge in [-0.05, 0) is 36.8 Å². The molecule has 3 heterocycles. The molecule has 3 aromatic heterocycles. The topological polar surface area (TPSA) is 37.9 Å². The van der Waals surface area contributed by atoms with Gasteiger partial charge in [0.1, 0.15) is 30.3 Å². The summed E-state index contributed by atoms with van der Waals surface area (Å²) >= 11 is 0. The molecule has 0 N–H and O–H groups in total. The number of nitrogens with zero attached hydrogens (tertiary/aromatic N) is 3. The molecule has 0 amide bonds. The second-order valence-electron chi connectivity index (χ2n) is 9.13. The maximum absolute atomic E-state index is 15.2. The minimum Gasteiger partial charge on any atom is -0.397 e. The molecule has 0 aliphatic heterocycles. The second kappa shape index (κ2) is 11.1. The van der Waals surface area contributed by atoms with Crippen LogP contribution in [0.25, 0.3) is 28.2 Å². The molecule has 0 aliphatic carbocycles. The molecule has 5 aromatic rings. The highest BCUT2D eigenvalue weighted by atomic mass is 19.1. The van der Waals surface area contributed by atoms with Crippen LogP contribution in [-0.2, 0) is 18.5 Å². The van der Waals surface area contributed by atoms with E-state index in [1.54, 1.807) is 79.5 Å². The lowest BCUT2D eigenvalue weighted by Gasteiger charge is -2.10. The number of halogens is 4. The normalized spacial score (nSPS) is 10.9. The highest BCUT2D eigenvalue weighted by Gasteiger charge is 2.31. The molecule has 0 saturated heterocycles. The fourth-order valence-electron chi connectivity index (χ4n) is 4.65. The van der Waals surface area contributed by atoms with Crippen molar-refractivity contribution in [2.75, 3.05) is 0 Å². The average Bonchev–Trinajstić information content (AvgIpc) is 2.92. The van der Waals surface area contributed by atoms with Crippen molar-refractivity contribution in [1.82, 2.24) is 0 Å². The van der Waals surface area contributed by atoms with Crippen molar-refractivity contribution in [3.05, 3.63) is 132 Å². The van der Waals surface area contributed by atoms with Gasteiger partial charge >= 0.3 is 5.97 Å². The van der Waals surface area contributed by atoms with E-state index in [1.165, 1.54) is 27.5 Å². The lowest BCUT2D eigenvalue weighted by Crippen LogP contribution is -2.43. The number of aromatic nitrogens is 3. The summed E-state index contributed by atoms with van der Waals surface area (Å²) in [7, 11) is 1.73. The van der Waals surface area contributed by atoms with E-state index in [9.17, 15) is 18.0 Å². The average molecular weight is 547 g/mol. The number of carbonyl (C=O) groups excluding carboxylic acids is 1. The molecule has 2 aromatic carbocycles. The predicted octanol–water partition coefficient (Wildman–Crippen LogP) is 5.09. The molecule has 5 nitrogen and oxygen atoms in total. The molecule has 0 aliphatic rings. The first-order valence-corrected chi connectivity index (χ1v) is 12.3. The van der Waals surface area contributed by atoms with E-state index in [4.69, 9.17) is 4.74 Å². The Labute approximate surface area is 227 Å².